The van der Waals surface area contributed by atoms with E-state index >= 15 is 0 Å². The summed E-state index contributed by atoms with van der Waals surface area (Å²) in [5.74, 6) is 0.800. The van der Waals surface area contributed by atoms with Crippen molar-refractivity contribution in [2.24, 2.45) is 10.7 Å². The highest BCUT2D eigenvalue weighted by atomic mass is 127. The normalized spacial score (nSPS) is 16.8. The van der Waals surface area contributed by atoms with Crippen molar-refractivity contribution < 1.29 is 4.79 Å². The highest BCUT2D eigenvalue weighted by Crippen LogP contribution is 2.20. The van der Waals surface area contributed by atoms with Crippen LogP contribution in [0.2, 0.25) is 0 Å². The second kappa shape index (κ2) is 10.9. The van der Waals surface area contributed by atoms with Gasteiger partial charge in [0.25, 0.3) is 0 Å². The van der Waals surface area contributed by atoms with Crippen LogP contribution >= 0.6 is 35.3 Å². The van der Waals surface area contributed by atoms with Gasteiger partial charge in [0, 0.05) is 63.8 Å². The number of amides is 1. The number of benzene rings is 1. The van der Waals surface area contributed by atoms with Crippen molar-refractivity contribution in [2.75, 3.05) is 44.2 Å². The van der Waals surface area contributed by atoms with E-state index < -0.39 is 0 Å². The number of thiazole rings is 1. The number of hydrogen-bond acceptors (Lipinski definition) is 5. The van der Waals surface area contributed by atoms with E-state index in [2.05, 4.69) is 38.0 Å². The van der Waals surface area contributed by atoms with Gasteiger partial charge in [0.2, 0.25) is 5.91 Å². The van der Waals surface area contributed by atoms with Gasteiger partial charge in [0.05, 0.1) is 0 Å². The van der Waals surface area contributed by atoms with Crippen molar-refractivity contribution in [2.45, 2.75) is 25.8 Å². The maximum Gasteiger partial charge on any atom is 0.222 e. The molecule has 7 nitrogen and oxygen atoms in total. The Balaban J connectivity index is 0.00000256. The van der Waals surface area contributed by atoms with Gasteiger partial charge in [-0.15, -0.1) is 35.3 Å². The van der Waals surface area contributed by atoms with Gasteiger partial charge in [0.15, 0.2) is 11.1 Å². The molecule has 4 rings (SSSR count). The molecule has 30 heavy (non-hydrogen) atoms. The molecule has 0 atom stereocenters. The standard InChI is InChI=1S/C21H28N6OS.HI/c22-20(25-11-13-26(14-12-25)21-24-9-15-29-21)23-8-3-6-19(28)27-10-7-17-4-1-2-5-18(17)16-27;/h1-2,4-5,9,15H,3,6-8,10-14,16H2,(H2,22,23);1H. The van der Waals surface area contributed by atoms with E-state index in [0.717, 1.165) is 57.2 Å². The van der Waals surface area contributed by atoms with Crippen LogP contribution in [0.15, 0.2) is 40.8 Å². The molecule has 0 aliphatic carbocycles. The molecule has 3 heterocycles. The minimum Gasteiger partial charge on any atom is -0.370 e. The molecule has 2 aliphatic rings. The Kier molecular flexibility index (Phi) is 8.32. The number of fused-ring (bicyclic) bond motifs is 1. The summed E-state index contributed by atoms with van der Waals surface area (Å²) < 4.78 is 0. The van der Waals surface area contributed by atoms with Crippen LogP contribution in [0, 0.1) is 0 Å². The Hall–Kier alpha value is -1.88. The van der Waals surface area contributed by atoms with E-state index in [0.29, 0.717) is 18.9 Å². The molecule has 1 aromatic carbocycles. The number of halogens is 1. The summed E-state index contributed by atoms with van der Waals surface area (Å²) in [7, 11) is 0. The monoisotopic (exact) mass is 540 g/mol. The number of carbonyl (C=O) groups is 1. The molecule has 162 valence electrons. The summed E-state index contributed by atoms with van der Waals surface area (Å²) in [4.78, 5) is 27.8. The number of aliphatic imine (C=N–C) groups is 1. The summed E-state index contributed by atoms with van der Waals surface area (Å²) in [6.45, 7) is 5.63. The van der Waals surface area contributed by atoms with Crippen molar-refractivity contribution in [1.29, 1.82) is 0 Å². The van der Waals surface area contributed by atoms with Crippen LogP contribution in [-0.2, 0) is 17.8 Å². The fourth-order valence-corrected chi connectivity index (χ4v) is 4.59. The molecule has 0 saturated carbocycles. The lowest BCUT2D eigenvalue weighted by molar-refractivity contribution is -0.132. The van der Waals surface area contributed by atoms with Crippen molar-refractivity contribution in [3.05, 3.63) is 47.0 Å². The van der Waals surface area contributed by atoms with E-state index in [1.165, 1.54) is 11.1 Å². The van der Waals surface area contributed by atoms with Crippen LogP contribution in [-0.4, -0.2) is 65.9 Å². The summed E-state index contributed by atoms with van der Waals surface area (Å²) in [6, 6.07) is 8.39. The molecule has 0 bridgehead atoms. The molecule has 0 unspecified atom stereocenters. The van der Waals surface area contributed by atoms with Crippen molar-refractivity contribution in [3.8, 4) is 0 Å². The quantitative estimate of drug-likeness (QED) is 0.273. The Bertz CT molecular complexity index is 851. The molecule has 2 N–H and O–H groups in total. The SMILES string of the molecule is I.NC(=NCCCC(=O)N1CCc2ccccc2C1)N1CCN(c2nccs2)CC1. The van der Waals surface area contributed by atoms with Gasteiger partial charge in [-0.3, -0.25) is 9.79 Å². The van der Waals surface area contributed by atoms with Crippen LogP contribution in [0.5, 0.6) is 0 Å². The Morgan fingerprint density at radius 3 is 2.60 bits per heavy atom. The lowest BCUT2D eigenvalue weighted by atomic mass is 9.99. The number of nitrogens with two attached hydrogens (primary N) is 1. The molecule has 1 saturated heterocycles. The molecule has 1 amide bonds. The molecule has 0 radical (unpaired) electrons. The number of piperazine rings is 1. The van der Waals surface area contributed by atoms with Crippen LogP contribution in [0.4, 0.5) is 5.13 Å². The average Bonchev–Trinajstić information content (AvgIpc) is 3.31. The van der Waals surface area contributed by atoms with Crippen molar-refractivity contribution in [3.63, 3.8) is 0 Å². The number of guanidine groups is 1. The number of nitrogens with zero attached hydrogens (tertiary/aromatic N) is 5. The first-order chi connectivity index (χ1) is 14.2. The highest BCUT2D eigenvalue weighted by Gasteiger charge is 2.21. The van der Waals surface area contributed by atoms with Crippen LogP contribution < -0.4 is 10.6 Å². The zero-order valence-electron chi connectivity index (χ0n) is 17.1. The zero-order chi connectivity index (χ0) is 20.1. The highest BCUT2D eigenvalue weighted by molar-refractivity contribution is 14.0. The van der Waals surface area contributed by atoms with E-state index in [1.807, 2.05) is 22.5 Å². The summed E-state index contributed by atoms with van der Waals surface area (Å²) in [5.41, 5.74) is 8.81. The van der Waals surface area contributed by atoms with Gasteiger partial charge in [0.1, 0.15) is 0 Å². The van der Waals surface area contributed by atoms with Gasteiger partial charge in [-0.1, -0.05) is 24.3 Å². The minimum atomic E-state index is 0. The number of rotatable bonds is 5. The third kappa shape index (κ3) is 5.63. The van der Waals surface area contributed by atoms with Crippen LogP contribution in [0.25, 0.3) is 0 Å². The molecular weight excluding hydrogens is 511 g/mol. The van der Waals surface area contributed by atoms with E-state index in [-0.39, 0.29) is 29.9 Å². The largest absolute Gasteiger partial charge is 0.370 e. The topological polar surface area (TPSA) is 78.1 Å². The molecule has 1 fully saturated rings. The van der Waals surface area contributed by atoms with E-state index in [9.17, 15) is 4.79 Å². The van der Waals surface area contributed by atoms with Gasteiger partial charge in [-0.2, -0.15) is 0 Å². The predicted molar refractivity (Wildman–Crippen MR) is 133 cm³/mol. The lowest BCUT2D eigenvalue weighted by Crippen LogP contribution is -2.51. The number of aromatic nitrogens is 1. The summed E-state index contributed by atoms with van der Waals surface area (Å²) in [5, 5.41) is 3.07. The van der Waals surface area contributed by atoms with Crippen LogP contribution in [0.3, 0.4) is 0 Å². The van der Waals surface area contributed by atoms with Crippen molar-refractivity contribution in [1.82, 2.24) is 14.8 Å². The summed E-state index contributed by atoms with van der Waals surface area (Å²) in [6.07, 6.45) is 4.04. The van der Waals surface area contributed by atoms with Crippen molar-refractivity contribution >= 4 is 52.3 Å². The Morgan fingerprint density at radius 1 is 1.10 bits per heavy atom. The maximum atomic E-state index is 12.5. The fraction of sp³-hybridized carbons (Fsp3) is 0.476. The number of hydrogen-bond donors (Lipinski definition) is 1. The third-order valence-corrected chi connectivity index (χ3v) is 6.43. The predicted octanol–water partition coefficient (Wildman–Crippen LogP) is 2.56. The molecular formula is C21H29IN6OS. The fourth-order valence-electron chi connectivity index (χ4n) is 3.89. The molecule has 2 aromatic rings. The minimum absolute atomic E-state index is 0. The zero-order valence-corrected chi connectivity index (χ0v) is 20.2. The van der Waals surface area contributed by atoms with Gasteiger partial charge in [-0.25, -0.2) is 4.98 Å². The molecule has 0 spiro atoms. The molecule has 1 aromatic heterocycles. The number of carbonyl (C=O) groups excluding carboxylic acids is 1. The Morgan fingerprint density at radius 2 is 1.87 bits per heavy atom. The second-order valence-corrected chi connectivity index (χ2v) is 8.34. The molecule has 2 aliphatic heterocycles. The van der Waals surface area contributed by atoms with Crippen LogP contribution in [0.1, 0.15) is 24.0 Å². The average molecular weight is 540 g/mol. The van der Waals surface area contributed by atoms with Gasteiger partial charge >= 0.3 is 0 Å². The van der Waals surface area contributed by atoms with Gasteiger partial charge < -0.3 is 20.4 Å². The number of anilines is 1. The van der Waals surface area contributed by atoms with E-state index in [4.69, 9.17) is 5.73 Å². The lowest BCUT2D eigenvalue weighted by Gasteiger charge is -2.35. The first-order valence-electron chi connectivity index (χ1n) is 10.2. The second-order valence-electron chi connectivity index (χ2n) is 7.47. The smallest absolute Gasteiger partial charge is 0.222 e. The molecule has 9 heteroatoms. The van der Waals surface area contributed by atoms with Gasteiger partial charge in [-0.05, 0) is 24.0 Å². The first kappa shape index (κ1) is 22.8. The maximum absolute atomic E-state index is 12.5. The first-order valence-corrected chi connectivity index (χ1v) is 11.1. The Labute approximate surface area is 199 Å². The van der Waals surface area contributed by atoms with E-state index in [1.54, 1.807) is 11.3 Å². The summed E-state index contributed by atoms with van der Waals surface area (Å²) >= 11 is 1.67. The third-order valence-electron chi connectivity index (χ3n) is 5.60.